The fourth-order valence-corrected chi connectivity index (χ4v) is 4.07. The first-order valence-electron chi connectivity index (χ1n) is 10.4. The molecule has 9 heteroatoms. The lowest BCUT2D eigenvalue weighted by Gasteiger charge is -2.09. The minimum atomic E-state index is -3.49. The SMILES string of the molecule is COc1ccc(CCn2cc(NC(=O)CCS(=O)(=O)/C=C/c3ccccc3)cn2)cc1OC. The molecule has 3 rings (SSSR count). The van der Waals surface area contributed by atoms with Crippen molar-refractivity contribution < 1.29 is 22.7 Å². The zero-order valence-corrected chi connectivity index (χ0v) is 19.4. The van der Waals surface area contributed by atoms with Crippen LogP contribution in [-0.2, 0) is 27.6 Å². The Bertz CT molecular complexity index is 1200. The van der Waals surface area contributed by atoms with Crippen molar-refractivity contribution in [3.63, 3.8) is 0 Å². The molecule has 8 nitrogen and oxygen atoms in total. The summed E-state index contributed by atoms with van der Waals surface area (Å²) < 4.78 is 36.6. The summed E-state index contributed by atoms with van der Waals surface area (Å²) in [4.78, 5) is 12.2. The maximum absolute atomic E-state index is 12.2. The van der Waals surface area contributed by atoms with Gasteiger partial charge < -0.3 is 14.8 Å². The van der Waals surface area contributed by atoms with E-state index in [2.05, 4.69) is 10.4 Å². The van der Waals surface area contributed by atoms with Crippen molar-refractivity contribution in [2.75, 3.05) is 25.3 Å². The molecular formula is C24H27N3O5S. The lowest BCUT2D eigenvalue weighted by atomic mass is 10.1. The van der Waals surface area contributed by atoms with Crippen LogP contribution in [-0.4, -0.2) is 44.1 Å². The molecule has 1 aromatic heterocycles. The first kappa shape index (κ1) is 24.1. The number of nitrogens with zero attached hydrogens (tertiary/aromatic N) is 2. The van der Waals surface area contributed by atoms with E-state index in [0.717, 1.165) is 16.5 Å². The number of sulfone groups is 1. The number of amides is 1. The Balaban J connectivity index is 1.48. The number of methoxy groups -OCH3 is 2. The predicted octanol–water partition coefficient (Wildman–Crippen LogP) is 3.56. The fourth-order valence-electron chi connectivity index (χ4n) is 3.10. The van der Waals surface area contributed by atoms with Crippen molar-refractivity contribution in [1.82, 2.24) is 9.78 Å². The van der Waals surface area contributed by atoms with Crippen molar-refractivity contribution in [2.45, 2.75) is 19.4 Å². The van der Waals surface area contributed by atoms with E-state index in [1.165, 1.54) is 12.3 Å². The zero-order chi connectivity index (χ0) is 23.7. The third kappa shape index (κ3) is 7.50. The Kier molecular flexibility index (Phi) is 8.26. The van der Waals surface area contributed by atoms with E-state index in [-0.39, 0.29) is 18.1 Å². The van der Waals surface area contributed by atoms with Crippen molar-refractivity contribution in [1.29, 1.82) is 0 Å². The van der Waals surface area contributed by atoms with Crippen LogP contribution in [0.5, 0.6) is 11.5 Å². The van der Waals surface area contributed by atoms with Gasteiger partial charge in [0.05, 0.1) is 31.9 Å². The van der Waals surface area contributed by atoms with Crippen LogP contribution >= 0.6 is 0 Å². The second-order valence-electron chi connectivity index (χ2n) is 7.31. The molecule has 2 aromatic carbocycles. The van der Waals surface area contributed by atoms with Gasteiger partial charge in [-0.3, -0.25) is 9.48 Å². The summed E-state index contributed by atoms with van der Waals surface area (Å²) in [6, 6.07) is 14.9. The standard InChI is InChI=1S/C24H27N3O5S/c1-31-22-9-8-20(16-23(22)32-2)10-13-27-18-21(17-25-27)26-24(28)12-15-33(29,30)14-11-19-6-4-3-5-7-19/h3-9,11,14,16-18H,10,12-13,15H2,1-2H3,(H,26,28)/b14-11+. The molecule has 174 valence electrons. The molecule has 0 unspecified atom stereocenters. The molecule has 0 aliphatic rings. The summed E-state index contributed by atoms with van der Waals surface area (Å²) in [5.41, 5.74) is 2.36. The molecule has 3 aromatic rings. The van der Waals surface area contributed by atoms with Crippen LogP contribution < -0.4 is 14.8 Å². The highest BCUT2D eigenvalue weighted by atomic mass is 32.2. The number of benzene rings is 2. The molecule has 33 heavy (non-hydrogen) atoms. The average Bonchev–Trinajstić information content (AvgIpc) is 3.28. The summed E-state index contributed by atoms with van der Waals surface area (Å²) >= 11 is 0. The number of aromatic nitrogens is 2. The summed E-state index contributed by atoms with van der Waals surface area (Å²) in [6.07, 6.45) is 5.34. The van der Waals surface area contributed by atoms with Crippen LogP contribution in [0, 0.1) is 0 Å². The van der Waals surface area contributed by atoms with Gasteiger partial charge in [-0.15, -0.1) is 0 Å². The van der Waals surface area contributed by atoms with Crippen LogP contribution in [0.3, 0.4) is 0 Å². The number of hydrogen-bond donors (Lipinski definition) is 1. The highest BCUT2D eigenvalue weighted by Crippen LogP contribution is 2.27. The minimum Gasteiger partial charge on any atom is -0.493 e. The van der Waals surface area contributed by atoms with Gasteiger partial charge in [0.15, 0.2) is 21.3 Å². The largest absolute Gasteiger partial charge is 0.493 e. The van der Waals surface area contributed by atoms with Crippen molar-refractivity contribution in [3.05, 3.63) is 77.5 Å². The number of carbonyl (C=O) groups is 1. The first-order chi connectivity index (χ1) is 15.9. The maximum atomic E-state index is 12.2. The van der Waals surface area contributed by atoms with E-state index in [0.29, 0.717) is 30.2 Å². The molecule has 0 spiro atoms. The summed E-state index contributed by atoms with van der Waals surface area (Å²) in [5.74, 6) is 0.682. The average molecular weight is 470 g/mol. The second-order valence-corrected chi connectivity index (χ2v) is 9.32. The van der Waals surface area contributed by atoms with Crippen molar-refractivity contribution in [2.24, 2.45) is 0 Å². The number of nitrogens with one attached hydrogen (secondary N) is 1. The predicted molar refractivity (Wildman–Crippen MR) is 128 cm³/mol. The van der Waals surface area contributed by atoms with Gasteiger partial charge in [0.2, 0.25) is 5.91 Å². The van der Waals surface area contributed by atoms with Crippen molar-refractivity contribution >= 4 is 27.5 Å². The van der Waals surface area contributed by atoms with Gasteiger partial charge in [-0.1, -0.05) is 36.4 Å². The van der Waals surface area contributed by atoms with Crippen LogP contribution in [0.15, 0.2) is 66.3 Å². The highest BCUT2D eigenvalue weighted by Gasteiger charge is 2.12. The zero-order valence-electron chi connectivity index (χ0n) is 18.6. The molecule has 0 fully saturated rings. The number of anilines is 1. The third-order valence-corrected chi connectivity index (χ3v) is 6.20. The lowest BCUT2D eigenvalue weighted by Crippen LogP contribution is -2.16. The summed E-state index contributed by atoms with van der Waals surface area (Å²) in [6.45, 7) is 0.601. The van der Waals surface area contributed by atoms with Gasteiger partial charge in [0.25, 0.3) is 0 Å². The maximum Gasteiger partial charge on any atom is 0.225 e. The first-order valence-corrected chi connectivity index (χ1v) is 12.1. The number of rotatable bonds is 11. The van der Waals surface area contributed by atoms with Crippen molar-refractivity contribution in [3.8, 4) is 11.5 Å². The topological polar surface area (TPSA) is 99.5 Å². The second kappa shape index (κ2) is 11.3. The minimum absolute atomic E-state index is 0.141. The van der Waals surface area contributed by atoms with E-state index in [4.69, 9.17) is 9.47 Å². The Morgan fingerprint density at radius 1 is 1.09 bits per heavy atom. The van der Waals surface area contributed by atoms with E-state index in [1.807, 2.05) is 48.5 Å². The van der Waals surface area contributed by atoms with Crippen LogP contribution in [0.4, 0.5) is 5.69 Å². The fraction of sp³-hybridized carbons (Fsp3) is 0.250. The monoisotopic (exact) mass is 469 g/mol. The molecular weight excluding hydrogens is 442 g/mol. The van der Waals surface area contributed by atoms with E-state index in [9.17, 15) is 13.2 Å². The smallest absolute Gasteiger partial charge is 0.225 e. The number of aryl methyl sites for hydroxylation is 2. The molecule has 0 radical (unpaired) electrons. The van der Waals surface area contributed by atoms with Crippen LogP contribution in [0.2, 0.25) is 0 Å². The Morgan fingerprint density at radius 2 is 1.85 bits per heavy atom. The summed E-state index contributed by atoms with van der Waals surface area (Å²) in [7, 11) is -0.310. The lowest BCUT2D eigenvalue weighted by molar-refractivity contribution is -0.115. The Morgan fingerprint density at radius 3 is 2.58 bits per heavy atom. The van der Waals surface area contributed by atoms with E-state index >= 15 is 0 Å². The molecule has 0 saturated heterocycles. The van der Waals surface area contributed by atoms with Gasteiger partial charge in [0, 0.05) is 24.6 Å². The highest BCUT2D eigenvalue weighted by molar-refractivity contribution is 7.94. The molecule has 0 aliphatic carbocycles. The van der Waals surface area contributed by atoms with Gasteiger partial charge in [-0.05, 0) is 35.8 Å². The molecule has 0 bridgehead atoms. The third-order valence-electron chi connectivity index (χ3n) is 4.88. The van der Waals surface area contributed by atoms with Gasteiger partial charge in [-0.2, -0.15) is 5.10 Å². The Hall–Kier alpha value is -3.59. The Labute approximate surface area is 193 Å². The van der Waals surface area contributed by atoms with Crippen LogP contribution in [0.1, 0.15) is 17.5 Å². The van der Waals surface area contributed by atoms with Gasteiger partial charge >= 0.3 is 0 Å². The number of hydrogen-bond acceptors (Lipinski definition) is 6. The van der Waals surface area contributed by atoms with Gasteiger partial charge in [0.1, 0.15) is 0 Å². The van der Waals surface area contributed by atoms with E-state index in [1.54, 1.807) is 25.1 Å². The van der Waals surface area contributed by atoms with Crippen LogP contribution in [0.25, 0.3) is 6.08 Å². The number of carbonyl (C=O) groups excluding carboxylic acids is 1. The quantitative estimate of drug-likeness (QED) is 0.461. The molecule has 1 N–H and O–H groups in total. The molecule has 0 saturated carbocycles. The molecule has 0 atom stereocenters. The molecule has 1 heterocycles. The number of ether oxygens (including phenoxy) is 2. The molecule has 0 aliphatic heterocycles. The normalized spacial score (nSPS) is 11.5. The summed E-state index contributed by atoms with van der Waals surface area (Å²) in [5, 5.41) is 8.08. The van der Waals surface area contributed by atoms with E-state index < -0.39 is 9.84 Å². The molecule has 1 amide bonds. The van der Waals surface area contributed by atoms with Gasteiger partial charge in [-0.25, -0.2) is 8.42 Å².